The summed E-state index contributed by atoms with van der Waals surface area (Å²) in [6.45, 7) is 8.53. The summed E-state index contributed by atoms with van der Waals surface area (Å²) >= 11 is 0. The van der Waals surface area contributed by atoms with Crippen molar-refractivity contribution in [1.82, 2.24) is 9.88 Å². The van der Waals surface area contributed by atoms with E-state index in [0.717, 1.165) is 27.5 Å². The van der Waals surface area contributed by atoms with Crippen molar-refractivity contribution in [3.05, 3.63) is 77.4 Å². The molecule has 0 aliphatic carbocycles. The molecule has 0 saturated carbocycles. The molecule has 6 nitrogen and oxygen atoms in total. The highest BCUT2D eigenvalue weighted by molar-refractivity contribution is 6.56. The third-order valence-corrected chi connectivity index (χ3v) is 6.47. The molecule has 0 unspecified atom stereocenters. The monoisotopic (exact) mass is 446 g/mol. The van der Waals surface area contributed by atoms with Gasteiger partial charge in [0, 0.05) is 30.7 Å². The second-order valence-electron chi connectivity index (χ2n) is 9.47. The predicted molar refractivity (Wildman–Crippen MR) is 132 cm³/mol. The smallest absolute Gasteiger partial charge is 0.445 e. The van der Waals surface area contributed by atoms with E-state index in [9.17, 15) is 4.79 Å². The van der Waals surface area contributed by atoms with Crippen molar-refractivity contribution >= 4 is 30.2 Å². The summed E-state index contributed by atoms with van der Waals surface area (Å²) in [6, 6.07) is 17.9. The van der Waals surface area contributed by atoms with E-state index in [1.54, 1.807) is 0 Å². The Morgan fingerprint density at radius 1 is 1.06 bits per heavy atom. The number of benzene rings is 2. The summed E-state index contributed by atoms with van der Waals surface area (Å²) in [5, 5.41) is 4.00. The molecule has 2 heterocycles. The van der Waals surface area contributed by atoms with Gasteiger partial charge >= 0.3 is 13.2 Å². The fraction of sp³-hybridized carbons (Fsp3) is 0.346. The van der Waals surface area contributed by atoms with Crippen molar-refractivity contribution in [1.29, 1.82) is 0 Å². The van der Waals surface area contributed by atoms with Gasteiger partial charge in [0.25, 0.3) is 0 Å². The maximum atomic E-state index is 12.4. The zero-order valence-electron chi connectivity index (χ0n) is 19.9. The van der Waals surface area contributed by atoms with E-state index in [4.69, 9.17) is 14.0 Å². The van der Waals surface area contributed by atoms with Crippen molar-refractivity contribution in [2.45, 2.75) is 45.5 Å². The molecule has 4 rings (SSSR count). The lowest BCUT2D eigenvalue weighted by molar-refractivity contribution is 0.00578. The molecule has 7 heteroatoms. The molecular formula is C26H31BN2O4. The summed E-state index contributed by atoms with van der Waals surface area (Å²) in [5.41, 5.74) is 2.97. The van der Waals surface area contributed by atoms with Crippen LogP contribution in [0.1, 0.15) is 38.8 Å². The fourth-order valence-corrected chi connectivity index (χ4v) is 3.75. The van der Waals surface area contributed by atoms with Gasteiger partial charge < -0.3 is 23.9 Å². The van der Waals surface area contributed by atoms with Gasteiger partial charge in [-0.2, -0.15) is 0 Å². The van der Waals surface area contributed by atoms with E-state index in [1.807, 2.05) is 77.3 Å². The largest absolute Gasteiger partial charge is 0.492 e. The van der Waals surface area contributed by atoms with Crippen LogP contribution < -0.4 is 5.32 Å². The molecule has 1 aromatic heterocycles. The Hall–Kier alpha value is -3.03. The Balaban J connectivity index is 1.52. The third kappa shape index (κ3) is 5.15. The average Bonchev–Trinajstić information content (AvgIpc) is 3.25. The summed E-state index contributed by atoms with van der Waals surface area (Å²) in [4.78, 5) is 12.4. The van der Waals surface area contributed by atoms with Crippen LogP contribution in [0.2, 0.25) is 0 Å². The molecule has 0 bridgehead atoms. The van der Waals surface area contributed by atoms with E-state index in [1.165, 1.54) is 0 Å². The molecule has 3 aromatic rings. The third-order valence-electron chi connectivity index (χ3n) is 6.47. The second kappa shape index (κ2) is 9.08. The van der Waals surface area contributed by atoms with E-state index in [0.29, 0.717) is 0 Å². The molecule has 1 aliphatic rings. The van der Waals surface area contributed by atoms with Gasteiger partial charge in [-0.3, -0.25) is 0 Å². The van der Waals surface area contributed by atoms with Crippen LogP contribution in [0.4, 0.5) is 4.79 Å². The highest BCUT2D eigenvalue weighted by Crippen LogP contribution is 2.38. The number of aryl methyl sites for hydroxylation is 1. The first kappa shape index (κ1) is 23.1. The van der Waals surface area contributed by atoms with Crippen LogP contribution in [-0.4, -0.2) is 35.5 Å². The molecule has 1 fully saturated rings. The number of alkyl carbamates (subject to hydrolysis) is 1. The fourth-order valence-electron chi connectivity index (χ4n) is 3.75. The molecule has 33 heavy (non-hydrogen) atoms. The molecule has 0 atom stereocenters. The lowest BCUT2D eigenvalue weighted by atomic mass is 9.77. The lowest BCUT2D eigenvalue weighted by Crippen LogP contribution is -2.41. The van der Waals surface area contributed by atoms with Crippen LogP contribution in [-0.2, 0) is 27.7 Å². The molecule has 0 spiro atoms. The summed E-state index contributed by atoms with van der Waals surface area (Å²) in [5.74, 6) is 0. The van der Waals surface area contributed by atoms with Gasteiger partial charge in [0.1, 0.15) is 6.61 Å². The number of carbonyl (C=O) groups is 1. The second-order valence-corrected chi connectivity index (χ2v) is 9.47. The summed E-state index contributed by atoms with van der Waals surface area (Å²) < 4.78 is 20.0. The van der Waals surface area contributed by atoms with Crippen LogP contribution in [0, 0.1) is 0 Å². The summed E-state index contributed by atoms with van der Waals surface area (Å²) in [7, 11) is 1.45. The topological polar surface area (TPSA) is 61.7 Å². The van der Waals surface area contributed by atoms with Gasteiger partial charge in [0.05, 0.1) is 11.2 Å². The lowest BCUT2D eigenvalue weighted by Gasteiger charge is -2.32. The molecule has 1 aliphatic heterocycles. The zero-order chi connectivity index (χ0) is 23.6. The van der Waals surface area contributed by atoms with E-state index < -0.39 is 24.4 Å². The van der Waals surface area contributed by atoms with Crippen molar-refractivity contribution < 1.29 is 18.8 Å². The minimum Gasteiger partial charge on any atom is -0.445 e. The van der Waals surface area contributed by atoms with Gasteiger partial charge in [0.15, 0.2) is 0 Å². The number of hydrogen-bond acceptors (Lipinski definition) is 4. The number of aromatic nitrogens is 1. The molecule has 0 radical (unpaired) electrons. The first-order valence-electron chi connectivity index (χ1n) is 11.2. The van der Waals surface area contributed by atoms with Gasteiger partial charge in [-0.1, -0.05) is 42.5 Å². The highest BCUT2D eigenvalue weighted by atomic mass is 16.7. The predicted octanol–water partition coefficient (Wildman–Crippen LogP) is 5.12. The maximum Gasteiger partial charge on any atom is 0.492 e. The van der Waals surface area contributed by atoms with Crippen LogP contribution in [0.15, 0.2) is 66.3 Å². The van der Waals surface area contributed by atoms with Gasteiger partial charge in [-0.05, 0) is 62.5 Å². The number of fused-ring (bicyclic) bond motifs is 1. The Morgan fingerprint density at radius 3 is 2.45 bits per heavy atom. The number of nitrogens with zero attached hydrogens (tertiary/aromatic N) is 1. The molecule has 1 amide bonds. The zero-order valence-corrected chi connectivity index (χ0v) is 19.9. The van der Waals surface area contributed by atoms with Crippen LogP contribution >= 0.6 is 0 Å². The van der Waals surface area contributed by atoms with E-state index in [2.05, 4.69) is 34.1 Å². The van der Waals surface area contributed by atoms with Gasteiger partial charge in [-0.15, -0.1) is 0 Å². The standard InChI is InChI=1S/C26H31BN2O4/c1-25(2)26(3,4)33-27(32-25)22(16-20-11-12-23-21(15-20)13-14-29(23)5)17-28-24(30)31-18-19-9-7-6-8-10-19/h6-16H,17-18H2,1-5H3,(H,28,30). The van der Waals surface area contributed by atoms with E-state index >= 15 is 0 Å². The number of hydrogen-bond donors (Lipinski definition) is 1. The SMILES string of the molecule is Cn1ccc2cc(C=C(CNC(=O)OCc3ccccc3)B3OC(C)(C)C(C)(C)O3)ccc21. The van der Waals surface area contributed by atoms with Crippen LogP contribution in [0.3, 0.4) is 0 Å². The van der Waals surface area contributed by atoms with Gasteiger partial charge in [0.2, 0.25) is 0 Å². The molecule has 2 aromatic carbocycles. The minimum absolute atomic E-state index is 0.215. The van der Waals surface area contributed by atoms with Crippen molar-refractivity contribution in [2.75, 3.05) is 6.54 Å². The number of nitrogens with one attached hydrogen (secondary N) is 1. The molecule has 1 N–H and O–H groups in total. The number of amides is 1. The number of rotatable bonds is 6. The molecule has 172 valence electrons. The van der Waals surface area contributed by atoms with Gasteiger partial charge in [-0.25, -0.2) is 4.79 Å². The maximum absolute atomic E-state index is 12.4. The van der Waals surface area contributed by atoms with Crippen LogP contribution in [0.25, 0.3) is 17.0 Å². The van der Waals surface area contributed by atoms with Crippen molar-refractivity contribution in [3.63, 3.8) is 0 Å². The average molecular weight is 446 g/mol. The quantitative estimate of drug-likeness (QED) is 0.534. The number of carbonyl (C=O) groups excluding carboxylic acids is 1. The normalized spacial score (nSPS) is 17.4. The molecule has 1 saturated heterocycles. The first-order chi connectivity index (χ1) is 15.6. The first-order valence-corrected chi connectivity index (χ1v) is 11.2. The van der Waals surface area contributed by atoms with Crippen molar-refractivity contribution in [3.8, 4) is 0 Å². The Labute approximate surface area is 195 Å². The Morgan fingerprint density at radius 2 is 1.76 bits per heavy atom. The highest BCUT2D eigenvalue weighted by Gasteiger charge is 2.52. The molecular weight excluding hydrogens is 415 g/mol. The van der Waals surface area contributed by atoms with Crippen molar-refractivity contribution in [2.24, 2.45) is 7.05 Å². The summed E-state index contributed by atoms with van der Waals surface area (Å²) in [6.07, 6.45) is 3.57. The Bertz CT molecular complexity index is 1150. The van der Waals surface area contributed by atoms with Crippen LogP contribution in [0.5, 0.6) is 0 Å². The minimum atomic E-state index is -0.573. The Kier molecular flexibility index (Phi) is 6.37. The van der Waals surface area contributed by atoms with E-state index in [-0.39, 0.29) is 13.2 Å². The number of ether oxygens (including phenoxy) is 1.